The Balaban J connectivity index is 1.29. The van der Waals surface area contributed by atoms with Crippen molar-refractivity contribution in [3.63, 3.8) is 0 Å². The minimum Gasteiger partial charge on any atom is -0.462 e. The van der Waals surface area contributed by atoms with E-state index in [1.54, 1.807) is 0 Å². The van der Waals surface area contributed by atoms with Crippen LogP contribution in [0.2, 0.25) is 0 Å². The highest BCUT2D eigenvalue weighted by atomic mass is 16.5. The van der Waals surface area contributed by atoms with Crippen LogP contribution in [0.5, 0.6) is 0 Å². The summed E-state index contributed by atoms with van der Waals surface area (Å²) < 4.78 is 5.76. The number of hydrogen-bond donors (Lipinski definition) is 0. The molecular weight excluding hydrogens is 368 g/mol. The number of esters is 1. The molecule has 3 aliphatic rings. The minimum atomic E-state index is 0.0526. The molecule has 0 spiro atoms. The van der Waals surface area contributed by atoms with Crippen LogP contribution >= 0.6 is 0 Å². The van der Waals surface area contributed by atoms with Crippen molar-refractivity contribution >= 4 is 5.97 Å². The lowest BCUT2D eigenvalue weighted by atomic mass is 9.65. The van der Waals surface area contributed by atoms with Gasteiger partial charge in [0.05, 0.1) is 0 Å². The summed E-state index contributed by atoms with van der Waals surface area (Å²) in [6.07, 6.45) is 25.3. The number of rotatable bonds is 10. The van der Waals surface area contributed by atoms with Gasteiger partial charge in [0.25, 0.3) is 0 Å². The summed E-state index contributed by atoms with van der Waals surface area (Å²) in [5.74, 6) is 5.06. The van der Waals surface area contributed by atoms with Crippen molar-refractivity contribution in [3.8, 4) is 0 Å². The van der Waals surface area contributed by atoms with Gasteiger partial charge in [-0.1, -0.05) is 58.8 Å². The van der Waals surface area contributed by atoms with Crippen molar-refractivity contribution in [1.82, 2.24) is 0 Å². The van der Waals surface area contributed by atoms with Gasteiger partial charge in [-0.15, -0.1) is 0 Å². The summed E-state index contributed by atoms with van der Waals surface area (Å²) in [5.41, 5.74) is 0. The van der Waals surface area contributed by atoms with Gasteiger partial charge in [0.15, 0.2) is 0 Å². The zero-order chi connectivity index (χ0) is 21.2. The maximum Gasteiger partial charge on any atom is 0.306 e. The van der Waals surface area contributed by atoms with Crippen LogP contribution in [0.15, 0.2) is 0 Å². The van der Waals surface area contributed by atoms with Crippen LogP contribution in [0.1, 0.15) is 136 Å². The molecule has 174 valence electrons. The number of carbonyl (C=O) groups is 1. The third-order valence-electron chi connectivity index (χ3n) is 9.01. The molecule has 0 N–H and O–H groups in total. The number of hydrogen-bond acceptors (Lipinski definition) is 2. The maximum absolute atomic E-state index is 12.0. The van der Waals surface area contributed by atoms with Gasteiger partial charge in [-0.3, -0.25) is 4.79 Å². The number of carbonyl (C=O) groups excluding carboxylic acids is 1. The average molecular weight is 419 g/mol. The lowest BCUT2D eigenvalue weighted by molar-refractivity contribution is -0.151. The molecule has 0 radical (unpaired) electrons. The van der Waals surface area contributed by atoms with Gasteiger partial charge < -0.3 is 4.74 Å². The Hall–Kier alpha value is -0.530. The van der Waals surface area contributed by atoms with E-state index in [9.17, 15) is 4.79 Å². The van der Waals surface area contributed by atoms with Gasteiger partial charge in [-0.2, -0.15) is 0 Å². The Kier molecular flexibility index (Phi) is 10.5. The molecule has 30 heavy (non-hydrogen) atoms. The van der Waals surface area contributed by atoms with E-state index in [0.717, 1.165) is 55.3 Å². The lowest BCUT2D eigenvalue weighted by Crippen LogP contribution is -2.31. The Morgan fingerprint density at radius 3 is 1.60 bits per heavy atom. The van der Waals surface area contributed by atoms with Gasteiger partial charge in [-0.25, -0.2) is 0 Å². The molecule has 2 nitrogen and oxygen atoms in total. The van der Waals surface area contributed by atoms with E-state index in [0.29, 0.717) is 6.42 Å². The first-order chi connectivity index (χ1) is 14.7. The molecule has 3 saturated carbocycles. The fourth-order valence-electron chi connectivity index (χ4n) is 6.97. The number of unbranched alkanes of at least 4 members (excludes halogenated alkanes) is 3. The second-order valence-corrected chi connectivity index (χ2v) is 11.1. The van der Waals surface area contributed by atoms with Crippen molar-refractivity contribution < 1.29 is 9.53 Å². The van der Waals surface area contributed by atoms with Crippen LogP contribution in [0.4, 0.5) is 0 Å². The molecule has 0 unspecified atom stereocenters. The summed E-state index contributed by atoms with van der Waals surface area (Å²) in [7, 11) is 0. The Morgan fingerprint density at radius 1 is 0.633 bits per heavy atom. The molecule has 0 atom stereocenters. The molecule has 0 aromatic rings. The van der Waals surface area contributed by atoms with Crippen LogP contribution in [-0.4, -0.2) is 12.1 Å². The lowest BCUT2D eigenvalue weighted by Gasteiger charge is -2.41. The van der Waals surface area contributed by atoms with E-state index in [1.807, 2.05) is 0 Å². The topological polar surface area (TPSA) is 26.3 Å². The Morgan fingerprint density at radius 2 is 1.10 bits per heavy atom. The van der Waals surface area contributed by atoms with E-state index in [2.05, 4.69) is 13.8 Å². The standard InChI is InChI=1S/C28H50O2/c1-3-5-7-9-28(29)30-27-20-18-26(19-21-27)25-16-14-24(15-17-25)23-12-10-22(11-13-23)8-6-4-2/h22-27H,3-21H2,1-2H3. The monoisotopic (exact) mass is 418 g/mol. The van der Waals surface area contributed by atoms with Crippen LogP contribution in [-0.2, 0) is 9.53 Å². The van der Waals surface area contributed by atoms with Crippen molar-refractivity contribution in [1.29, 1.82) is 0 Å². The second kappa shape index (κ2) is 13.1. The van der Waals surface area contributed by atoms with Crippen LogP contribution in [0, 0.1) is 29.6 Å². The minimum absolute atomic E-state index is 0.0526. The quantitative estimate of drug-likeness (QED) is 0.263. The Labute approximate surface area is 187 Å². The van der Waals surface area contributed by atoms with Gasteiger partial charge >= 0.3 is 5.97 Å². The molecule has 3 aliphatic carbocycles. The van der Waals surface area contributed by atoms with E-state index in [1.165, 1.54) is 89.9 Å². The highest BCUT2D eigenvalue weighted by Crippen LogP contribution is 2.46. The van der Waals surface area contributed by atoms with E-state index in [4.69, 9.17) is 4.74 Å². The summed E-state index contributed by atoms with van der Waals surface area (Å²) >= 11 is 0. The molecule has 3 rings (SSSR count). The first kappa shape index (κ1) is 24.1. The zero-order valence-electron chi connectivity index (χ0n) is 20.2. The maximum atomic E-state index is 12.0. The average Bonchev–Trinajstić information content (AvgIpc) is 2.79. The zero-order valence-corrected chi connectivity index (χ0v) is 20.2. The largest absolute Gasteiger partial charge is 0.462 e. The summed E-state index contributed by atoms with van der Waals surface area (Å²) in [5, 5.41) is 0. The first-order valence-corrected chi connectivity index (χ1v) is 13.9. The normalized spacial score (nSPS) is 35.1. The molecule has 3 fully saturated rings. The third kappa shape index (κ3) is 7.56. The predicted molar refractivity (Wildman–Crippen MR) is 126 cm³/mol. The first-order valence-electron chi connectivity index (χ1n) is 13.9. The van der Waals surface area contributed by atoms with E-state index < -0.39 is 0 Å². The van der Waals surface area contributed by atoms with Gasteiger partial charge in [0, 0.05) is 6.42 Å². The van der Waals surface area contributed by atoms with Gasteiger partial charge in [-0.05, 0) is 100 Å². The highest BCUT2D eigenvalue weighted by Gasteiger charge is 2.35. The molecule has 0 aromatic carbocycles. The van der Waals surface area contributed by atoms with Crippen molar-refractivity contribution in [3.05, 3.63) is 0 Å². The van der Waals surface area contributed by atoms with Gasteiger partial charge in [0.2, 0.25) is 0 Å². The third-order valence-corrected chi connectivity index (χ3v) is 9.01. The van der Waals surface area contributed by atoms with Crippen molar-refractivity contribution in [2.45, 2.75) is 142 Å². The SMILES string of the molecule is CCCCCC(=O)OC1CCC(C2CCC(C3CCC(CCCC)CC3)CC2)CC1. The summed E-state index contributed by atoms with van der Waals surface area (Å²) in [4.78, 5) is 12.0. The summed E-state index contributed by atoms with van der Waals surface area (Å²) in [6.45, 7) is 4.51. The fourth-order valence-corrected chi connectivity index (χ4v) is 6.97. The van der Waals surface area contributed by atoms with Gasteiger partial charge in [0.1, 0.15) is 6.10 Å². The Bertz CT molecular complexity index is 463. The van der Waals surface area contributed by atoms with Crippen LogP contribution in [0.25, 0.3) is 0 Å². The second-order valence-electron chi connectivity index (χ2n) is 11.1. The van der Waals surface area contributed by atoms with E-state index >= 15 is 0 Å². The highest BCUT2D eigenvalue weighted by molar-refractivity contribution is 5.69. The molecule has 0 heterocycles. The molecular formula is C28H50O2. The molecule has 2 heteroatoms. The molecule has 0 amide bonds. The fraction of sp³-hybridized carbons (Fsp3) is 0.964. The van der Waals surface area contributed by atoms with Crippen molar-refractivity contribution in [2.75, 3.05) is 0 Å². The van der Waals surface area contributed by atoms with E-state index in [-0.39, 0.29) is 12.1 Å². The molecule has 0 bridgehead atoms. The molecule has 0 aliphatic heterocycles. The number of ether oxygens (including phenoxy) is 1. The van der Waals surface area contributed by atoms with Crippen LogP contribution < -0.4 is 0 Å². The summed E-state index contributed by atoms with van der Waals surface area (Å²) in [6, 6.07) is 0. The van der Waals surface area contributed by atoms with Crippen LogP contribution in [0.3, 0.4) is 0 Å². The predicted octanol–water partition coefficient (Wildman–Crippen LogP) is 8.47. The smallest absolute Gasteiger partial charge is 0.306 e. The van der Waals surface area contributed by atoms with Crippen molar-refractivity contribution in [2.24, 2.45) is 29.6 Å². The molecule has 0 aromatic heterocycles. The molecule has 0 saturated heterocycles.